The highest BCUT2D eigenvalue weighted by Crippen LogP contribution is 2.40. The number of halogens is 3. The first-order chi connectivity index (χ1) is 9.42. The van der Waals surface area contributed by atoms with Crippen LogP contribution in [0.5, 0.6) is 10.9 Å². The summed E-state index contributed by atoms with van der Waals surface area (Å²) in [5.74, 6) is -0.112. The van der Waals surface area contributed by atoms with Gasteiger partial charge in [-0.1, -0.05) is 46.1 Å². The number of ether oxygens (including phenoxy) is 1. The van der Waals surface area contributed by atoms with E-state index in [2.05, 4.69) is 4.98 Å². The fraction of sp³-hybridized carbons (Fsp3) is 0.100. The van der Waals surface area contributed by atoms with E-state index >= 15 is 0 Å². The minimum atomic E-state index is -0.653. The zero-order valence-electron chi connectivity index (χ0n) is 9.47. The summed E-state index contributed by atoms with van der Waals surface area (Å²) >= 11 is 18.2. The van der Waals surface area contributed by atoms with Gasteiger partial charge in [0.2, 0.25) is 5.75 Å². The molecule has 0 fully saturated rings. The average Bonchev–Trinajstić information content (AvgIpc) is 2.73. The Balaban J connectivity index is 2.41. The molecule has 2 rings (SSSR count). The van der Waals surface area contributed by atoms with Gasteiger partial charge in [-0.25, -0.2) is 0 Å². The number of benzene rings is 1. The van der Waals surface area contributed by atoms with Gasteiger partial charge in [0.15, 0.2) is 0 Å². The Bertz CT molecular complexity index is 677. The van der Waals surface area contributed by atoms with Crippen LogP contribution < -0.4 is 4.74 Å². The molecule has 0 aliphatic rings. The quantitative estimate of drug-likeness (QED) is 0.653. The van der Waals surface area contributed by atoms with Crippen LogP contribution >= 0.6 is 46.1 Å². The predicted molar refractivity (Wildman–Crippen MR) is 76.2 cm³/mol. The molecule has 0 saturated carbocycles. The van der Waals surface area contributed by atoms with Gasteiger partial charge in [-0.05, 0) is 0 Å². The van der Waals surface area contributed by atoms with E-state index in [-0.39, 0.29) is 38.4 Å². The normalized spacial score (nSPS) is 10.6. The summed E-state index contributed by atoms with van der Waals surface area (Å²) in [5, 5.41) is 20.2. The molecule has 10 heteroatoms. The standard InChI is InChI=1S/C10H5Cl3N2O4S/c11-4-1-6(15(17)18)7(2-5(4)12)19-10-14-9(13)8(3-16)20-10/h1-2,16H,3H2. The highest BCUT2D eigenvalue weighted by molar-refractivity contribution is 7.13. The van der Waals surface area contributed by atoms with Crippen molar-refractivity contribution < 1.29 is 14.8 Å². The largest absolute Gasteiger partial charge is 0.423 e. The van der Waals surface area contributed by atoms with Crippen molar-refractivity contribution in [2.24, 2.45) is 0 Å². The van der Waals surface area contributed by atoms with E-state index in [0.717, 1.165) is 17.4 Å². The molecule has 0 aliphatic carbocycles. The third kappa shape index (κ3) is 3.13. The van der Waals surface area contributed by atoms with Crippen molar-refractivity contribution in [2.45, 2.75) is 6.61 Å². The summed E-state index contributed by atoms with van der Waals surface area (Å²) in [6, 6.07) is 2.30. The van der Waals surface area contributed by atoms with Crippen LogP contribution in [0.1, 0.15) is 4.88 Å². The highest BCUT2D eigenvalue weighted by Gasteiger charge is 2.21. The summed E-state index contributed by atoms with van der Waals surface area (Å²) < 4.78 is 5.30. The van der Waals surface area contributed by atoms with E-state index in [0.29, 0.717) is 4.88 Å². The summed E-state index contributed by atoms with van der Waals surface area (Å²) in [6.45, 7) is -0.302. The molecule has 6 nitrogen and oxygen atoms in total. The van der Waals surface area contributed by atoms with Crippen LogP contribution in [-0.4, -0.2) is 15.0 Å². The minimum absolute atomic E-state index is 0.0407. The first kappa shape index (κ1) is 15.3. The van der Waals surface area contributed by atoms with Gasteiger partial charge in [0, 0.05) is 12.1 Å². The second-order valence-corrected chi connectivity index (χ2v) is 5.66. The lowest BCUT2D eigenvalue weighted by atomic mass is 10.3. The molecule has 106 valence electrons. The van der Waals surface area contributed by atoms with Crippen LogP contribution in [0.3, 0.4) is 0 Å². The molecule has 0 saturated heterocycles. The topological polar surface area (TPSA) is 85.5 Å². The van der Waals surface area contributed by atoms with Gasteiger partial charge in [0.05, 0.1) is 26.5 Å². The van der Waals surface area contributed by atoms with Crippen molar-refractivity contribution in [3.05, 3.63) is 42.3 Å². The Kier molecular flexibility index (Phi) is 4.66. The number of nitro groups is 1. The number of aromatic nitrogens is 1. The van der Waals surface area contributed by atoms with Crippen molar-refractivity contribution in [3.63, 3.8) is 0 Å². The molecule has 20 heavy (non-hydrogen) atoms. The van der Waals surface area contributed by atoms with Gasteiger partial charge in [0.25, 0.3) is 5.19 Å². The summed E-state index contributed by atoms with van der Waals surface area (Å²) in [7, 11) is 0. The molecule has 1 aromatic carbocycles. The SMILES string of the molecule is O=[N+]([O-])c1cc(Cl)c(Cl)cc1Oc1nc(Cl)c(CO)s1. The van der Waals surface area contributed by atoms with Gasteiger partial charge in [-0.15, -0.1) is 0 Å². The maximum Gasteiger partial charge on any atom is 0.313 e. The van der Waals surface area contributed by atoms with Crippen molar-refractivity contribution in [1.82, 2.24) is 4.98 Å². The van der Waals surface area contributed by atoms with E-state index in [1.165, 1.54) is 6.07 Å². The summed E-state index contributed by atoms with van der Waals surface area (Å²) in [5.41, 5.74) is -0.351. The average molecular weight is 356 g/mol. The lowest BCUT2D eigenvalue weighted by Gasteiger charge is -2.04. The van der Waals surface area contributed by atoms with Crippen LogP contribution in [0.2, 0.25) is 15.2 Å². The second-order valence-electron chi connectivity index (χ2n) is 3.45. The number of thiazole rings is 1. The van der Waals surface area contributed by atoms with Gasteiger partial charge in [-0.3, -0.25) is 10.1 Å². The third-order valence-corrected chi connectivity index (χ3v) is 4.23. The van der Waals surface area contributed by atoms with Crippen molar-refractivity contribution in [2.75, 3.05) is 0 Å². The van der Waals surface area contributed by atoms with E-state index in [1.807, 2.05) is 0 Å². The number of rotatable bonds is 4. The minimum Gasteiger partial charge on any atom is -0.423 e. The van der Waals surface area contributed by atoms with Gasteiger partial charge in [0.1, 0.15) is 5.15 Å². The molecule has 2 aromatic rings. The molecule has 0 aliphatic heterocycles. The molecule has 0 atom stereocenters. The van der Waals surface area contributed by atoms with Crippen LogP contribution in [0.4, 0.5) is 5.69 Å². The zero-order chi connectivity index (χ0) is 14.9. The predicted octanol–water partition coefficient (Wildman–Crippen LogP) is 4.30. The molecule has 0 unspecified atom stereocenters. The Labute approximate surface area is 131 Å². The lowest BCUT2D eigenvalue weighted by molar-refractivity contribution is -0.385. The van der Waals surface area contributed by atoms with Crippen molar-refractivity contribution in [3.8, 4) is 10.9 Å². The van der Waals surface area contributed by atoms with E-state index in [1.54, 1.807) is 0 Å². The number of aliphatic hydroxyl groups excluding tert-OH is 1. The number of hydrogen-bond acceptors (Lipinski definition) is 6. The summed E-state index contributed by atoms with van der Waals surface area (Å²) in [4.78, 5) is 14.5. The molecule has 1 heterocycles. The molecule has 1 N–H and O–H groups in total. The molecule has 1 aromatic heterocycles. The number of aliphatic hydroxyl groups is 1. The van der Waals surface area contributed by atoms with Crippen molar-refractivity contribution in [1.29, 1.82) is 0 Å². The molecule has 0 amide bonds. The Morgan fingerprint density at radius 2 is 2.00 bits per heavy atom. The number of hydrogen-bond donors (Lipinski definition) is 1. The van der Waals surface area contributed by atoms with Gasteiger partial charge in [-0.2, -0.15) is 4.98 Å². The maximum absolute atomic E-state index is 10.9. The zero-order valence-corrected chi connectivity index (χ0v) is 12.6. The Hall–Kier alpha value is -1.12. The Morgan fingerprint density at radius 1 is 1.35 bits per heavy atom. The molecular formula is C10H5Cl3N2O4S. The van der Waals surface area contributed by atoms with E-state index < -0.39 is 4.92 Å². The maximum atomic E-state index is 10.9. The molecule has 0 bridgehead atoms. The van der Waals surface area contributed by atoms with E-state index in [4.69, 9.17) is 44.6 Å². The monoisotopic (exact) mass is 354 g/mol. The van der Waals surface area contributed by atoms with Crippen LogP contribution in [0.25, 0.3) is 0 Å². The van der Waals surface area contributed by atoms with Gasteiger partial charge >= 0.3 is 5.69 Å². The van der Waals surface area contributed by atoms with Crippen molar-refractivity contribution >= 4 is 51.8 Å². The number of nitro benzene ring substituents is 1. The fourth-order valence-corrected chi connectivity index (χ4v) is 2.58. The second kappa shape index (κ2) is 6.11. The van der Waals surface area contributed by atoms with Crippen LogP contribution in [0.15, 0.2) is 12.1 Å². The highest BCUT2D eigenvalue weighted by atomic mass is 35.5. The van der Waals surface area contributed by atoms with Crippen LogP contribution in [0, 0.1) is 10.1 Å². The molecular weight excluding hydrogens is 351 g/mol. The Morgan fingerprint density at radius 3 is 2.55 bits per heavy atom. The number of nitrogens with zero attached hydrogens (tertiary/aromatic N) is 2. The lowest BCUT2D eigenvalue weighted by Crippen LogP contribution is -1.93. The van der Waals surface area contributed by atoms with E-state index in [9.17, 15) is 10.1 Å². The third-order valence-electron chi connectivity index (χ3n) is 2.17. The van der Waals surface area contributed by atoms with Crippen LogP contribution in [-0.2, 0) is 6.61 Å². The first-order valence-corrected chi connectivity index (χ1v) is 6.94. The fourth-order valence-electron chi connectivity index (χ4n) is 1.29. The van der Waals surface area contributed by atoms with Gasteiger partial charge < -0.3 is 9.84 Å². The molecule has 0 spiro atoms. The smallest absolute Gasteiger partial charge is 0.313 e. The molecule has 0 radical (unpaired) electrons. The first-order valence-electron chi connectivity index (χ1n) is 4.99. The summed E-state index contributed by atoms with van der Waals surface area (Å²) in [6.07, 6.45) is 0.